The maximum absolute atomic E-state index is 12.0. The first-order valence-electron chi connectivity index (χ1n) is 10.4. The van der Waals surface area contributed by atoms with E-state index in [9.17, 15) is 55.3 Å². The van der Waals surface area contributed by atoms with Crippen molar-refractivity contribution in [3.8, 4) is 5.75 Å². The molecule has 0 saturated carbocycles. The lowest BCUT2D eigenvalue weighted by Gasteiger charge is -2.26. The molecule has 3 aromatic carbocycles. The average molecular weight is 619 g/mol. The molecule has 3 aromatic rings. The highest BCUT2D eigenvalue weighted by Crippen LogP contribution is 2.55. The molecule has 0 atom stereocenters. The number of nitrogens with zero attached hydrogens (tertiary/aromatic N) is 3. The van der Waals surface area contributed by atoms with Gasteiger partial charge in [-0.25, -0.2) is 4.79 Å². The highest BCUT2D eigenvalue weighted by atomic mass is 32.3. The van der Waals surface area contributed by atoms with Crippen molar-refractivity contribution in [2.75, 3.05) is 5.43 Å². The number of aryl methyl sites for hydroxylation is 1. The van der Waals surface area contributed by atoms with Crippen molar-refractivity contribution in [1.82, 2.24) is 0 Å². The molecule has 0 aliphatic heterocycles. The van der Waals surface area contributed by atoms with Crippen LogP contribution >= 0.6 is 21.7 Å². The minimum Gasteiger partial charge on any atom is -0.504 e. The summed E-state index contributed by atoms with van der Waals surface area (Å²) in [4.78, 5) is 9.11. The molecule has 0 aliphatic rings. The first kappa shape index (κ1) is 30.9. The van der Waals surface area contributed by atoms with E-state index in [2.05, 4.69) is 20.8 Å². The third-order valence-electron chi connectivity index (χ3n) is 4.98. The Morgan fingerprint density at radius 1 is 0.825 bits per heavy atom. The smallest absolute Gasteiger partial charge is 0.337 e. The number of amidine groups is 1. The van der Waals surface area contributed by atoms with Crippen LogP contribution in [0, 0.1) is 6.92 Å². The van der Waals surface area contributed by atoms with Gasteiger partial charge >= 0.3 is 5.97 Å². The molecule has 0 aromatic heterocycles. The molecule has 0 aliphatic carbocycles. The van der Waals surface area contributed by atoms with Crippen LogP contribution in [0.15, 0.2) is 84.6 Å². The lowest BCUT2D eigenvalue weighted by atomic mass is 10.1. The predicted molar refractivity (Wildman–Crippen MR) is 145 cm³/mol. The molecule has 0 fully saturated rings. The van der Waals surface area contributed by atoms with E-state index in [4.69, 9.17) is 0 Å². The zero-order chi connectivity index (χ0) is 30.0. The Bertz CT molecular complexity index is 1630. The van der Waals surface area contributed by atoms with Crippen LogP contribution in [-0.2, 0) is 10.1 Å². The molecule has 40 heavy (non-hydrogen) atoms. The summed E-state index contributed by atoms with van der Waals surface area (Å²) in [7, 11) is -14.1. The molecule has 0 amide bonds. The van der Waals surface area contributed by atoms with E-state index in [1.807, 2.05) is 0 Å². The van der Waals surface area contributed by atoms with Gasteiger partial charge in [0.15, 0.2) is 5.75 Å². The summed E-state index contributed by atoms with van der Waals surface area (Å²) in [5.74, 6) is -3.07. The van der Waals surface area contributed by atoms with Gasteiger partial charge in [0.05, 0.1) is 10.5 Å². The maximum Gasteiger partial charge on any atom is 0.337 e. The van der Waals surface area contributed by atoms with E-state index in [-0.39, 0.29) is 16.8 Å². The van der Waals surface area contributed by atoms with Crippen molar-refractivity contribution in [2.24, 2.45) is 15.3 Å². The van der Waals surface area contributed by atoms with Gasteiger partial charge in [0.2, 0.25) is 5.84 Å². The van der Waals surface area contributed by atoms with Crippen molar-refractivity contribution in [3.63, 3.8) is 0 Å². The minimum absolute atomic E-state index is 0.175. The molecule has 0 saturated heterocycles. The Kier molecular flexibility index (Phi) is 8.86. The van der Waals surface area contributed by atoms with Gasteiger partial charge in [-0.05, 0) is 43.3 Å². The monoisotopic (exact) mass is 618 g/mol. The van der Waals surface area contributed by atoms with Crippen LogP contribution in [0.4, 0.5) is 11.4 Å². The van der Waals surface area contributed by atoms with Crippen LogP contribution in [0.1, 0.15) is 21.5 Å². The van der Waals surface area contributed by atoms with Gasteiger partial charge in [0, 0.05) is 5.56 Å². The van der Waals surface area contributed by atoms with Gasteiger partial charge in [-0.15, -0.1) is 10.2 Å². The molecule has 0 spiro atoms. The van der Waals surface area contributed by atoms with Crippen LogP contribution in [-0.4, -0.2) is 62.3 Å². The Morgan fingerprint density at radius 3 is 2.05 bits per heavy atom. The summed E-state index contributed by atoms with van der Waals surface area (Å²) in [6.45, 7) is 1.63. The number of carboxylic acids is 1. The molecule has 10 N–H and O–H groups in total. The molecular formula is C21H22N4O12S3. The number of nitrogens with one attached hydrogen (secondary N) is 1. The number of phenolic OH excluding ortho intramolecular Hbond substituents is 1. The molecule has 16 nitrogen and oxygen atoms in total. The maximum atomic E-state index is 12.0. The van der Waals surface area contributed by atoms with Gasteiger partial charge in [0.1, 0.15) is 42.9 Å². The lowest BCUT2D eigenvalue weighted by molar-refractivity contribution is 0.0697. The number of phenols is 1. The Balaban J connectivity index is 2.25. The Morgan fingerprint density at radius 2 is 1.48 bits per heavy atom. The number of rotatable bonds is 8. The Hall–Kier alpha value is -3.63. The summed E-state index contributed by atoms with van der Waals surface area (Å²) >= 11 is 0. The third-order valence-corrected chi connectivity index (χ3v) is 7.66. The van der Waals surface area contributed by atoms with E-state index in [0.29, 0.717) is 17.7 Å². The fourth-order valence-corrected chi connectivity index (χ4v) is 5.14. The quantitative estimate of drug-likeness (QED) is 0.0380. The first-order chi connectivity index (χ1) is 18.4. The number of carboxylic acid groups (broad SMARTS) is 1. The summed E-state index contributed by atoms with van der Waals surface area (Å²) in [6.07, 6.45) is 0. The second-order valence-corrected chi connectivity index (χ2v) is 12.3. The Labute approximate surface area is 229 Å². The SMILES string of the molecule is Cc1ccc(N=NC(=NNc2cc(S(O)(O)O)cc(S(O)(O)O)c2O)c2ccccc2S(=O)(=O)O)c(C(=O)O)c1. The fourth-order valence-electron chi connectivity index (χ4n) is 3.17. The average Bonchev–Trinajstić information content (AvgIpc) is 2.83. The zero-order valence-electron chi connectivity index (χ0n) is 20.0. The number of hydrogen-bond acceptors (Lipinski definition) is 13. The number of hydrogen-bond donors (Lipinski definition) is 10. The predicted octanol–water partition coefficient (Wildman–Crippen LogP) is 5.37. The number of azo groups is 1. The molecule has 3 rings (SSSR count). The van der Waals surface area contributed by atoms with Gasteiger partial charge in [-0.2, -0.15) is 13.5 Å². The van der Waals surface area contributed by atoms with Crippen molar-refractivity contribution >= 4 is 55.0 Å². The van der Waals surface area contributed by atoms with E-state index in [1.165, 1.54) is 30.3 Å². The van der Waals surface area contributed by atoms with Gasteiger partial charge in [-0.1, -0.05) is 23.8 Å². The van der Waals surface area contributed by atoms with Crippen LogP contribution < -0.4 is 5.43 Å². The van der Waals surface area contributed by atoms with Crippen molar-refractivity contribution in [1.29, 1.82) is 0 Å². The fraction of sp³-hybridized carbons (Fsp3) is 0.0476. The van der Waals surface area contributed by atoms with Crippen LogP contribution in [0.25, 0.3) is 0 Å². The molecule has 0 bridgehead atoms. The van der Waals surface area contributed by atoms with E-state index < -0.39 is 69.8 Å². The van der Waals surface area contributed by atoms with Crippen molar-refractivity contribution in [3.05, 3.63) is 71.3 Å². The molecule has 0 unspecified atom stereocenters. The van der Waals surface area contributed by atoms with E-state index in [1.54, 1.807) is 6.92 Å². The molecule has 0 heterocycles. The highest BCUT2D eigenvalue weighted by molar-refractivity contribution is 8.20. The minimum atomic E-state index is -4.88. The number of carbonyl (C=O) groups is 1. The zero-order valence-corrected chi connectivity index (χ0v) is 22.5. The molecule has 0 radical (unpaired) electrons. The second-order valence-electron chi connectivity index (χ2n) is 7.90. The normalized spacial score (nSPS) is 13.8. The summed E-state index contributed by atoms with van der Waals surface area (Å²) in [5, 5.41) is 31.3. The van der Waals surface area contributed by atoms with Crippen molar-refractivity contribution < 1.29 is 55.3 Å². The van der Waals surface area contributed by atoms with Gasteiger partial charge < -0.3 is 37.5 Å². The summed E-state index contributed by atoms with van der Waals surface area (Å²) in [6, 6.07) is 10.1. The molecule has 216 valence electrons. The van der Waals surface area contributed by atoms with Gasteiger partial charge in [-0.3, -0.25) is 9.98 Å². The lowest BCUT2D eigenvalue weighted by Crippen LogP contribution is -2.10. The number of aromatic carboxylic acids is 1. The van der Waals surface area contributed by atoms with Crippen LogP contribution in [0.2, 0.25) is 0 Å². The van der Waals surface area contributed by atoms with Crippen molar-refractivity contribution in [2.45, 2.75) is 21.6 Å². The summed E-state index contributed by atoms with van der Waals surface area (Å²) in [5.41, 5.74) is 1.24. The number of benzene rings is 3. The highest BCUT2D eigenvalue weighted by Gasteiger charge is 2.28. The van der Waals surface area contributed by atoms with Crippen LogP contribution in [0.5, 0.6) is 5.75 Å². The molecular weight excluding hydrogens is 596 g/mol. The molecule has 19 heteroatoms. The largest absolute Gasteiger partial charge is 0.504 e. The summed E-state index contributed by atoms with van der Waals surface area (Å²) < 4.78 is 91.4. The van der Waals surface area contributed by atoms with Gasteiger partial charge in [0.25, 0.3) is 10.1 Å². The topological polar surface area (TPSA) is 282 Å². The number of aromatic hydroxyl groups is 1. The number of hydrazone groups is 1. The standard InChI is InChI=1S/C21H22N4O12S3/c1-11-6-7-15(14(8-11)21(27)28)22-24-20(13-4-2-3-5-17(13)39(32,33)34)25-23-16-9-12(38(29,30)31)10-18(19(16)26)40(35,36)37/h2-10,23,26,29-31,35-37H,1H3,(H,27,28)(H,32,33,34). The first-order valence-corrected chi connectivity index (χ1v) is 14.9. The van der Waals surface area contributed by atoms with Crippen LogP contribution in [0.3, 0.4) is 0 Å². The van der Waals surface area contributed by atoms with E-state index >= 15 is 0 Å². The second kappa shape index (κ2) is 11.5. The third kappa shape index (κ3) is 7.31. The number of anilines is 1. The van der Waals surface area contributed by atoms with E-state index in [0.717, 1.165) is 12.1 Å².